The highest BCUT2D eigenvalue weighted by Crippen LogP contribution is 2.17. The van der Waals surface area contributed by atoms with Crippen LogP contribution in [-0.4, -0.2) is 19.5 Å². The van der Waals surface area contributed by atoms with Crippen molar-refractivity contribution < 1.29 is 4.39 Å². The molecule has 4 rings (SSSR count). The zero-order valence-electron chi connectivity index (χ0n) is 14.5. The maximum atomic E-state index is 13.7. The van der Waals surface area contributed by atoms with Crippen LogP contribution in [0.1, 0.15) is 17.1 Å². The van der Waals surface area contributed by atoms with E-state index in [0.29, 0.717) is 17.0 Å². The summed E-state index contributed by atoms with van der Waals surface area (Å²) in [5, 5.41) is 0.216. The molecule has 0 saturated heterocycles. The van der Waals surface area contributed by atoms with Crippen LogP contribution >= 0.6 is 0 Å². The van der Waals surface area contributed by atoms with Gasteiger partial charge >= 0.3 is 0 Å². The Morgan fingerprint density at radius 3 is 2.74 bits per heavy atom. The second-order valence-corrected chi connectivity index (χ2v) is 6.02. The average Bonchev–Trinajstić information content (AvgIpc) is 2.69. The van der Waals surface area contributed by atoms with Gasteiger partial charge in [-0.2, -0.15) is 0 Å². The Balaban J connectivity index is 2.00. The first-order valence-electron chi connectivity index (χ1n) is 8.36. The predicted molar refractivity (Wildman–Crippen MR) is 103 cm³/mol. The lowest BCUT2D eigenvalue weighted by Gasteiger charge is -2.13. The van der Waals surface area contributed by atoms with Crippen molar-refractivity contribution in [2.24, 2.45) is 0 Å². The minimum Gasteiger partial charge on any atom is -0.268 e. The van der Waals surface area contributed by atoms with Crippen LogP contribution in [0.15, 0.2) is 65.8 Å². The number of hydrogen-bond donors (Lipinski definition) is 0. The molecule has 0 aliphatic heterocycles. The van der Waals surface area contributed by atoms with Gasteiger partial charge in [0.25, 0.3) is 5.56 Å². The highest BCUT2D eigenvalue weighted by atomic mass is 19.1. The van der Waals surface area contributed by atoms with Crippen LogP contribution < -0.4 is 5.56 Å². The number of aryl methyl sites for hydroxylation is 1. The number of aromatic nitrogens is 4. The Morgan fingerprint density at radius 2 is 1.96 bits per heavy atom. The number of pyridine rings is 2. The molecule has 132 valence electrons. The molecule has 0 spiro atoms. The van der Waals surface area contributed by atoms with Crippen LogP contribution in [0.4, 0.5) is 4.39 Å². The molecule has 0 N–H and O–H groups in total. The second kappa shape index (κ2) is 6.92. The lowest BCUT2D eigenvalue weighted by molar-refractivity contribution is 0.629. The molecule has 0 unspecified atom stereocenters. The fraction of sp³-hybridized carbons (Fsp3) is 0.0476. The molecule has 3 heterocycles. The summed E-state index contributed by atoms with van der Waals surface area (Å²) in [6.07, 6.45) is 8.44. The second-order valence-electron chi connectivity index (χ2n) is 6.02. The number of fused-ring (bicyclic) bond motifs is 1. The quantitative estimate of drug-likeness (QED) is 0.559. The fourth-order valence-corrected chi connectivity index (χ4v) is 2.84. The standard InChI is InChI=1S/C21H15FN4O/c1-14-9-11-23-13-19(14)26-20(8-6-16-4-2-3-10-24-16)25-18-7-5-15(22)12-17(18)21(26)27/h2-13H,1H3/b8-6+. The third-order valence-corrected chi connectivity index (χ3v) is 4.20. The van der Waals surface area contributed by atoms with Gasteiger partial charge in [0.1, 0.15) is 11.6 Å². The van der Waals surface area contributed by atoms with Crippen molar-refractivity contribution in [1.82, 2.24) is 19.5 Å². The van der Waals surface area contributed by atoms with Crippen LogP contribution in [0.25, 0.3) is 28.7 Å². The summed E-state index contributed by atoms with van der Waals surface area (Å²) in [7, 11) is 0. The van der Waals surface area contributed by atoms with E-state index in [0.717, 1.165) is 11.3 Å². The van der Waals surface area contributed by atoms with E-state index in [-0.39, 0.29) is 10.9 Å². The largest absolute Gasteiger partial charge is 0.268 e. The minimum atomic E-state index is -0.479. The van der Waals surface area contributed by atoms with E-state index >= 15 is 0 Å². The molecule has 0 aliphatic rings. The van der Waals surface area contributed by atoms with Crippen LogP contribution in [0.2, 0.25) is 0 Å². The van der Waals surface area contributed by atoms with Crippen molar-refractivity contribution in [3.05, 3.63) is 94.3 Å². The lowest BCUT2D eigenvalue weighted by Crippen LogP contribution is -2.23. The molecule has 0 fully saturated rings. The summed E-state index contributed by atoms with van der Waals surface area (Å²) in [4.78, 5) is 26.1. The first kappa shape index (κ1) is 16.8. The normalized spacial score (nSPS) is 11.3. The van der Waals surface area contributed by atoms with Gasteiger partial charge in [-0.3, -0.25) is 19.3 Å². The molecule has 0 bridgehead atoms. The van der Waals surface area contributed by atoms with Gasteiger partial charge in [-0.1, -0.05) is 6.07 Å². The molecule has 0 aliphatic carbocycles. The van der Waals surface area contributed by atoms with Crippen molar-refractivity contribution in [2.45, 2.75) is 6.92 Å². The van der Waals surface area contributed by atoms with E-state index in [4.69, 9.17) is 0 Å². The molecule has 6 heteroatoms. The third-order valence-electron chi connectivity index (χ3n) is 4.20. The molecule has 5 nitrogen and oxygen atoms in total. The Labute approximate surface area is 154 Å². The van der Waals surface area contributed by atoms with E-state index in [9.17, 15) is 9.18 Å². The van der Waals surface area contributed by atoms with Gasteiger partial charge in [-0.05, 0) is 61.0 Å². The van der Waals surface area contributed by atoms with E-state index < -0.39 is 5.82 Å². The zero-order chi connectivity index (χ0) is 18.8. The van der Waals surface area contributed by atoms with Crippen LogP contribution in [-0.2, 0) is 0 Å². The Hall–Kier alpha value is -3.67. The van der Waals surface area contributed by atoms with E-state index in [1.54, 1.807) is 30.7 Å². The molecule has 0 amide bonds. The molecule has 3 aromatic heterocycles. The van der Waals surface area contributed by atoms with E-state index in [2.05, 4.69) is 15.0 Å². The molecule has 0 radical (unpaired) electrons. The molecular weight excluding hydrogens is 343 g/mol. The molecular formula is C21H15FN4O. The summed E-state index contributed by atoms with van der Waals surface area (Å²) < 4.78 is 15.1. The Morgan fingerprint density at radius 1 is 1.07 bits per heavy atom. The fourth-order valence-electron chi connectivity index (χ4n) is 2.84. The van der Waals surface area contributed by atoms with Crippen molar-refractivity contribution >= 4 is 23.1 Å². The number of nitrogens with zero attached hydrogens (tertiary/aromatic N) is 4. The van der Waals surface area contributed by atoms with Crippen molar-refractivity contribution in [3.63, 3.8) is 0 Å². The maximum absolute atomic E-state index is 13.7. The van der Waals surface area contributed by atoms with Crippen molar-refractivity contribution in [2.75, 3.05) is 0 Å². The smallest absolute Gasteiger partial charge is 0.266 e. The van der Waals surface area contributed by atoms with Gasteiger partial charge in [-0.25, -0.2) is 9.37 Å². The summed E-state index contributed by atoms with van der Waals surface area (Å²) in [5.74, 6) is -0.0616. The SMILES string of the molecule is Cc1ccncc1-n1c(/C=C/c2ccccn2)nc2ccc(F)cc2c1=O. The number of rotatable bonds is 3. The van der Waals surface area contributed by atoms with Gasteiger partial charge in [0.2, 0.25) is 0 Å². The molecule has 1 aromatic carbocycles. The third kappa shape index (κ3) is 3.25. The Kier molecular flexibility index (Phi) is 4.30. The first-order chi connectivity index (χ1) is 13.1. The van der Waals surface area contributed by atoms with Gasteiger partial charge < -0.3 is 0 Å². The van der Waals surface area contributed by atoms with Gasteiger partial charge in [0.05, 0.1) is 28.5 Å². The van der Waals surface area contributed by atoms with E-state index in [1.807, 2.05) is 31.2 Å². The molecule has 0 saturated carbocycles. The number of benzene rings is 1. The molecule has 0 atom stereocenters. The van der Waals surface area contributed by atoms with Crippen LogP contribution in [0, 0.1) is 12.7 Å². The van der Waals surface area contributed by atoms with Gasteiger partial charge in [0.15, 0.2) is 0 Å². The lowest BCUT2D eigenvalue weighted by atomic mass is 10.2. The highest BCUT2D eigenvalue weighted by Gasteiger charge is 2.13. The summed E-state index contributed by atoms with van der Waals surface area (Å²) in [6.45, 7) is 1.88. The average molecular weight is 358 g/mol. The van der Waals surface area contributed by atoms with Crippen molar-refractivity contribution in [1.29, 1.82) is 0 Å². The minimum absolute atomic E-state index is 0.216. The predicted octanol–water partition coefficient (Wildman–Crippen LogP) is 3.79. The van der Waals surface area contributed by atoms with Crippen molar-refractivity contribution in [3.8, 4) is 5.69 Å². The van der Waals surface area contributed by atoms with E-state index in [1.165, 1.54) is 22.8 Å². The van der Waals surface area contributed by atoms with Gasteiger partial charge in [0, 0.05) is 12.4 Å². The number of halogens is 1. The molecule has 4 aromatic rings. The topological polar surface area (TPSA) is 60.7 Å². The molecule has 27 heavy (non-hydrogen) atoms. The maximum Gasteiger partial charge on any atom is 0.266 e. The van der Waals surface area contributed by atoms with Gasteiger partial charge in [-0.15, -0.1) is 0 Å². The Bertz CT molecular complexity index is 1220. The van der Waals surface area contributed by atoms with Crippen LogP contribution in [0.5, 0.6) is 0 Å². The summed E-state index contributed by atoms with van der Waals surface area (Å²) in [5.41, 5.74) is 2.27. The summed E-state index contributed by atoms with van der Waals surface area (Å²) in [6, 6.07) is 11.4. The summed E-state index contributed by atoms with van der Waals surface area (Å²) >= 11 is 0. The first-order valence-corrected chi connectivity index (χ1v) is 8.36. The van der Waals surface area contributed by atoms with Crippen LogP contribution in [0.3, 0.4) is 0 Å². The zero-order valence-corrected chi connectivity index (χ0v) is 14.5. The monoisotopic (exact) mass is 358 g/mol. The highest BCUT2D eigenvalue weighted by molar-refractivity contribution is 5.80. The number of hydrogen-bond acceptors (Lipinski definition) is 4.